The van der Waals surface area contributed by atoms with Crippen molar-refractivity contribution >= 4 is 49.5 Å². The number of ether oxygens (including phenoxy) is 2. The monoisotopic (exact) mass is 459 g/mol. The zero-order valence-corrected chi connectivity index (χ0v) is 19.0. The topological polar surface area (TPSA) is 116 Å². The Hall–Kier alpha value is -2.40. The molecule has 164 valence electrons. The summed E-state index contributed by atoms with van der Waals surface area (Å²) in [5.41, 5.74) is 15.0. The third-order valence-electron chi connectivity index (χ3n) is 5.87. The van der Waals surface area contributed by atoms with Crippen molar-refractivity contribution < 1.29 is 14.3 Å². The SMILES string of the molecule is CO[C@@H]1CN(c2ccc3c(c2)OC[C@H](NC(=O)c2sc4nc(C)sc4c2N)C3)C[C@@H]1N. The third kappa shape index (κ3) is 3.73. The molecule has 0 radical (unpaired) electrons. The summed E-state index contributed by atoms with van der Waals surface area (Å²) in [6.07, 6.45) is 0.745. The van der Waals surface area contributed by atoms with Gasteiger partial charge in [0.25, 0.3) is 5.91 Å². The molecule has 8 nitrogen and oxygen atoms in total. The highest BCUT2D eigenvalue weighted by Gasteiger charge is 2.31. The number of aromatic nitrogens is 1. The molecular formula is C21H25N5O3S2. The van der Waals surface area contributed by atoms with Gasteiger partial charge in [-0.15, -0.1) is 22.7 Å². The quantitative estimate of drug-likeness (QED) is 0.547. The number of nitrogens with zero attached hydrogens (tertiary/aromatic N) is 2. The first-order chi connectivity index (χ1) is 14.9. The highest BCUT2D eigenvalue weighted by molar-refractivity contribution is 7.29. The molecule has 0 saturated carbocycles. The first kappa shape index (κ1) is 20.5. The Bertz CT molecular complexity index is 1140. The van der Waals surface area contributed by atoms with Gasteiger partial charge in [0.2, 0.25) is 0 Å². The number of benzene rings is 1. The van der Waals surface area contributed by atoms with Crippen LogP contribution in [0.1, 0.15) is 20.2 Å². The number of rotatable bonds is 4. The van der Waals surface area contributed by atoms with Gasteiger partial charge in [0.15, 0.2) is 0 Å². The minimum atomic E-state index is -0.171. The van der Waals surface area contributed by atoms with E-state index in [-0.39, 0.29) is 24.1 Å². The number of amides is 1. The van der Waals surface area contributed by atoms with Gasteiger partial charge < -0.3 is 31.2 Å². The van der Waals surface area contributed by atoms with Gasteiger partial charge in [0.1, 0.15) is 22.1 Å². The first-order valence-electron chi connectivity index (χ1n) is 10.2. The van der Waals surface area contributed by atoms with Crippen molar-refractivity contribution in [1.29, 1.82) is 0 Å². The highest BCUT2D eigenvalue weighted by Crippen LogP contribution is 2.37. The van der Waals surface area contributed by atoms with E-state index in [1.807, 2.05) is 6.92 Å². The lowest BCUT2D eigenvalue weighted by molar-refractivity contribution is 0.0920. The number of nitrogen functional groups attached to an aromatic ring is 1. The van der Waals surface area contributed by atoms with Crippen molar-refractivity contribution in [2.75, 3.05) is 37.4 Å². The van der Waals surface area contributed by atoms with Gasteiger partial charge in [0, 0.05) is 32.0 Å². The van der Waals surface area contributed by atoms with Crippen LogP contribution in [-0.4, -0.2) is 55.9 Å². The first-order valence-corrected chi connectivity index (χ1v) is 11.8. The van der Waals surface area contributed by atoms with Gasteiger partial charge in [0.05, 0.1) is 33.6 Å². The number of thiophene rings is 1. The Balaban J connectivity index is 1.27. The number of fused-ring (bicyclic) bond motifs is 2. The number of aryl methyl sites for hydroxylation is 1. The number of nitrogens with two attached hydrogens (primary N) is 2. The van der Waals surface area contributed by atoms with Crippen LogP contribution in [0.15, 0.2) is 18.2 Å². The molecule has 0 spiro atoms. The predicted octanol–water partition coefficient (Wildman–Crippen LogP) is 2.14. The minimum absolute atomic E-state index is 0.000562. The molecule has 2 aliphatic rings. The van der Waals surface area contributed by atoms with E-state index in [0.29, 0.717) is 23.6 Å². The van der Waals surface area contributed by atoms with Gasteiger partial charge in [-0.2, -0.15) is 0 Å². The van der Waals surface area contributed by atoms with E-state index in [4.69, 9.17) is 20.9 Å². The van der Waals surface area contributed by atoms with Gasteiger partial charge >= 0.3 is 0 Å². The Morgan fingerprint density at radius 3 is 2.94 bits per heavy atom. The summed E-state index contributed by atoms with van der Waals surface area (Å²) in [7, 11) is 1.70. The van der Waals surface area contributed by atoms with E-state index in [2.05, 4.69) is 33.4 Å². The van der Waals surface area contributed by atoms with E-state index in [1.54, 1.807) is 7.11 Å². The highest BCUT2D eigenvalue weighted by atomic mass is 32.1. The standard InChI is InChI=1S/C21H25N5O3S2/c1-10-24-21-19(30-10)17(23)18(31-21)20(27)25-12-5-11-3-4-13(6-15(11)29-9-12)26-7-14(22)16(8-26)28-2/h3-4,6,12,14,16H,5,7-9,22-23H2,1-2H3,(H,25,27)/t12-,14+,16-/m1/s1. The van der Waals surface area contributed by atoms with Gasteiger partial charge in [-0.05, 0) is 25.0 Å². The third-order valence-corrected chi connectivity index (χ3v) is 8.10. The van der Waals surface area contributed by atoms with Crippen molar-refractivity contribution in [3.8, 4) is 5.75 Å². The second kappa shape index (κ2) is 7.94. The average Bonchev–Trinajstić information content (AvgIpc) is 3.40. The molecule has 0 unspecified atom stereocenters. The smallest absolute Gasteiger partial charge is 0.263 e. The maximum atomic E-state index is 12.8. The van der Waals surface area contributed by atoms with E-state index < -0.39 is 0 Å². The minimum Gasteiger partial charge on any atom is -0.491 e. The molecule has 1 aromatic carbocycles. The van der Waals surface area contributed by atoms with Crippen LogP contribution in [-0.2, 0) is 11.2 Å². The molecular weight excluding hydrogens is 434 g/mol. The van der Waals surface area contributed by atoms with Gasteiger partial charge in [-0.3, -0.25) is 4.79 Å². The van der Waals surface area contributed by atoms with Crippen LogP contribution in [0.25, 0.3) is 9.53 Å². The molecule has 31 heavy (non-hydrogen) atoms. The predicted molar refractivity (Wildman–Crippen MR) is 125 cm³/mol. The lowest BCUT2D eigenvalue weighted by Crippen LogP contribution is -2.42. The largest absolute Gasteiger partial charge is 0.491 e. The maximum Gasteiger partial charge on any atom is 0.263 e. The molecule has 3 aromatic rings. The lowest BCUT2D eigenvalue weighted by Gasteiger charge is -2.28. The Labute approximate surface area is 188 Å². The van der Waals surface area contributed by atoms with Crippen LogP contribution in [0.4, 0.5) is 11.4 Å². The summed E-state index contributed by atoms with van der Waals surface area (Å²) >= 11 is 2.86. The normalized spacial score (nSPS) is 23.1. The number of carbonyl (C=O) groups excluding carboxylic acids is 1. The van der Waals surface area contributed by atoms with Crippen molar-refractivity contribution in [3.05, 3.63) is 33.6 Å². The number of hydrogen-bond acceptors (Lipinski definition) is 9. The van der Waals surface area contributed by atoms with E-state index in [1.165, 1.54) is 22.7 Å². The van der Waals surface area contributed by atoms with E-state index >= 15 is 0 Å². The Morgan fingerprint density at radius 2 is 2.19 bits per heavy atom. The number of hydrogen-bond donors (Lipinski definition) is 3. The average molecular weight is 460 g/mol. The molecule has 4 heterocycles. The molecule has 1 fully saturated rings. The van der Waals surface area contributed by atoms with Crippen LogP contribution in [0.2, 0.25) is 0 Å². The fourth-order valence-corrected chi connectivity index (χ4v) is 6.32. The van der Waals surface area contributed by atoms with Crippen molar-refractivity contribution in [1.82, 2.24) is 10.3 Å². The molecule has 3 atom stereocenters. The molecule has 0 bridgehead atoms. The molecule has 1 amide bonds. The van der Waals surface area contributed by atoms with Crippen LogP contribution in [0, 0.1) is 6.92 Å². The zero-order chi connectivity index (χ0) is 21.7. The molecule has 0 aliphatic carbocycles. The Kier molecular flexibility index (Phi) is 5.25. The lowest BCUT2D eigenvalue weighted by atomic mass is 10.0. The molecule has 10 heteroatoms. The second-order valence-electron chi connectivity index (χ2n) is 8.03. The Morgan fingerprint density at radius 1 is 1.35 bits per heavy atom. The van der Waals surface area contributed by atoms with Crippen LogP contribution < -0.4 is 26.4 Å². The molecule has 2 aliphatic heterocycles. The number of nitrogens with one attached hydrogen (secondary N) is 1. The molecule has 2 aromatic heterocycles. The summed E-state index contributed by atoms with van der Waals surface area (Å²) in [6, 6.07) is 6.09. The molecule has 5 N–H and O–H groups in total. The summed E-state index contributed by atoms with van der Waals surface area (Å²) in [4.78, 5) is 20.8. The number of thiazole rings is 1. The fourth-order valence-electron chi connectivity index (χ4n) is 4.23. The van der Waals surface area contributed by atoms with Gasteiger partial charge in [-0.25, -0.2) is 4.98 Å². The maximum absolute atomic E-state index is 12.8. The summed E-state index contributed by atoms with van der Waals surface area (Å²) in [6.45, 7) is 3.87. The number of anilines is 2. The van der Waals surface area contributed by atoms with Crippen LogP contribution in [0.5, 0.6) is 5.75 Å². The zero-order valence-electron chi connectivity index (χ0n) is 17.4. The van der Waals surface area contributed by atoms with Crippen molar-refractivity contribution in [3.63, 3.8) is 0 Å². The van der Waals surface area contributed by atoms with Crippen molar-refractivity contribution in [2.24, 2.45) is 5.73 Å². The number of methoxy groups -OCH3 is 1. The van der Waals surface area contributed by atoms with E-state index in [9.17, 15) is 4.79 Å². The van der Waals surface area contributed by atoms with E-state index in [0.717, 1.165) is 44.6 Å². The van der Waals surface area contributed by atoms with Gasteiger partial charge in [-0.1, -0.05) is 6.07 Å². The molecule has 5 rings (SSSR count). The number of carbonyl (C=O) groups is 1. The summed E-state index contributed by atoms with van der Waals surface area (Å²) in [5.74, 6) is 0.684. The second-order valence-corrected chi connectivity index (χ2v) is 10.2. The fraction of sp³-hybridized carbons (Fsp3) is 0.429. The summed E-state index contributed by atoms with van der Waals surface area (Å²) < 4.78 is 12.3. The van der Waals surface area contributed by atoms with Crippen molar-refractivity contribution in [2.45, 2.75) is 31.5 Å². The summed E-state index contributed by atoms with van der Waals surface area (Å²) in [5, 5.41) is 4.02. The van der Waals surface area contributed by atoms with Crippen LogP contribution in [0.3, 0.4) is 0 Å². The molecule has 1 saturated heterocycles. The van der Waals surface area contributed by atoms with Crippen LogP contribution >= 0.6 is 22.7 Å².